The molecule has 0 unspecified atom stereocenters. The number of amides is 3. The molecular formula is C36H42ClF3N11O5+. The van der Waals surface area contributed by atoms with Crippen LogP contribution < -0.4 is 16.8 Å². The van der Waals surface area contributed by atoms with E-state index in [0.29, 0.717) is 75.4 Å². The number of carboxylic acids is 1. The molecule has 298 valence electrons. The molecule has 3 amide bonds. The van der Waals surface area contributed by atoms with Crippen LogP contribution in [-0.4, -0.2) is 127 Å². The third-order valence-electron chi connectivity index (χ3n) is 10.2. The summed E-state index contributed by atoms with van der Waals surface area (Å²) in [6.45, 7) is 3.65. The number of benzene rings is 1. The number of aromatic nitrogens is 5. The summed E-state index contributed by atoms with van der Waals surface area (Å²) >= 11 is 6.50. The minimum atomic E-state index is -4.75. The molecule has 0 atom stereocenters. The van der Waals surface area contributed by atoms with Crippen molar-refractivity contribution in [2.75, 3.05) is 70.0 Å². The first kappa shape index (κ1) is 40.1. The van der Waals surface area contributed by atoms with Crippen LogP contribution in [-0.2, 0) is 22.2 Å². The van der Waals surface area contributed by atoms with Crippen LogP contribution in [0.4, 0.5) is 24.5 Å². The first-order chi connectivity index (χ1) is 26.6. The Morgan fingerprint density at radius 2 is 1.73 bits per heavy atom. The van der Waals surface area contributed by atoms with E-state index in [1.165, 1.54) is 48.9 Å². The van der Waals surface area contributed by atoms with Gasteiger partial charge in [0.1, 0.15) is 0 Å². The van der Waals surface area contributed by atoms with Crippen molar-refractivity contribution >= 4 is 46.7 Å². The van der Waals surface area contributed by atoms with E-state index < -0.39 is 23.7 Å². The van der Waals surface area contributed by atoms with Crippen LogP contribution in [0, 0.1) is 5.92 Å². The Hall–Kier alpha value is -5.53. The number of halogens is 4. The van der Waals surface area contributed by atoms with E-state index >= 15 is 0 Å². The van der Waals surface area contributed by atoms with Gasteiger partial charge in [0.2, 0.25) is 5.91 Å². The van der Waals surface area contributed by atoms with E-state index in [2.05, 4.69) is 25.4 Å². The lowest BCUT2D eigenvalue weighted by atomic mass is 9.92. The largest absolute Gasteiger partial charge is 0.477 e. The molecule has 5 heterocycles. The minimum absolute atomic E-state index is 0.0138. The molecule has 2 saturated heterocycles. The third-order valence-corrected chi connectivity index (χ3v) is 10.5. The second-order valence-corrected chi connectivity index (χ2v) is 14.5. The Labute approximate surface area is 324 Å². The van der Waals surface area contributed by atoms with Crippen molar-refractivity contribution in [1.82, 2.24) is 34.5 Å². The second kappa shape index (κ2) is 16.7. The van der Waals surface area contributed by atoms with E-state index in [1.54, 1.807) is 9.80 Å². The number of hydrogen-bond acceptors (Lipinski definition) is 9. The number of aliphatic carboxylic acids is 1. The number of alkyl halides is 3. The molecule has 0 radical (unpaired) electrons. The highest BCUT2D eigenvalue weighted by Gasteiger charge is 2.40. The van der Waals surface area contributed by atoms with Gasteiger partial charge in [0.05, 0.1) is 42.1 Å². The molecule has 4 aromatic rings. The Bertz CT molecular complexity index is 2070. The smallest absolute Gasteiger partial charge is 0.435 e. The quantitative estimate of drug-likeness (QED) is 0.132. The summed E-state index contributed by atoms with van der Waals surface area (Å²) in [5.41, 5.74) is 11.0. The molecule has 0 saturated carbocycles. The first-order valence-electron chi connectivity index (χ1n) is 18.0. The number of quaternary nitrogens is 1. The van der Waals surface area contributed by atoms with E-state index in [1.807, 2.05) is 0 Å². The number of carbonyl (C=O) groups excluding carboxylic acids is 3. The lowest BCUT2D eigenvalue weighted by Crippen LogP contribution is -2.58. The lowest BCUT2D eigenvalue weighted by Gasteiger charge is -2.44. The predicted molar refractivity (Wildman–Crippen MR) is 198 cm³/mol. The number of hydrogen-bond donors (Lipinski definition) is 5. The van der Waals surface area contributed by atoms with Gasteiger partial charge in [-0.25, -0.2) is 19.4 Å². The van der Waals surface area contributed by atoms with Crippen molar-refractivity contribution in [3.05, 3.63) is 82.3 Å². The number of pyridine rings is 1. The number of nitrogens with one attached hydrogen (secondary N) is 2. The number of nitrogens with two attached hydrogens (primary N) is 2. The second-order valence-electron chi connectivity index (χ2n) is 14.1. The van der Waals surface area contributed by atoms with Crippen LogP contribution in [0.1, 0.15) is 57.2 Å². The maximum atomic E-state index is 13.8. The van der Waals surface area contributed by atoms with E-state index in [4.69, 9.17) is 23.1 Å². The maximum Gasteiger partial charge on any atom is 0.435 e. The number of imidazole rings is 1. The number of anilines is 2. The number of H-pyrrole nitrogens is 1. The summed E-state index contributed by atoms with van der Waals surface area (Å²) in [4.78, 5) is 65.5. The normalized spacial score (nSPS) is 18.8. The number of nitrogen functional groups attached to an aromatic ring is 1. The van der Waals surface area contributed by atoms with Crippen LogP contribution in [0.25, 0.3) is 5.82 Å². The van der Waals surface area contributed by atoms with Crippen LogP contribution in [0.5, 0.6) is 0 Å². The fraction of sp³-hybridized carbons (Fsp3) is 0.417. The van der Waals surface area contributed by atoms with Crippen molar-refractivity contribution in [2.45, 2.75) is 31.9 Å². The van der Waals surface area contributed by atoms with Gasteiger partial charge in [0, 0.05) is 87.1 Å². The topological polar surface area (TPSA) is 218 Å². The minimum Gasteiger partial charge on any atom is -0.477 e. The number of nitrogens with zero attached hydrogens (tertiary/aromatic N) is 7. The van der Waals surface area contributed by atoms with Crippen LogP contribution in [0.2, 0.25) is 5.02 Å². The van der Waals surface area contributed by atoms with Gasteiger partial charge in [-0.1, -0.05) is 11.6 Å². The Balaban J connectivity index is 1.02. The monoisotopic (exact) mass is 800 g/mol. The summed E-state index contributed by atoms with van der Waals surface area (Å²) in [7, 11) is 0. The molecule has 2 aliphatic heterocycles. The summed E-state index contributed by atoms with van der Waals surface area (Å²) in [6, 6.07) is 7.31. The Morgan fingerprint density at radius 3 is 2.36 bits per heavy atom. The fourth-order valence-electron chi connectivity index (χ4n) is 7.25. The van der Waals surface area contributed by atoms with Crippen molar-refractivity contribution in [2.24, 2.45) is 11.7 Å². The molecule has 7 N–H and O–H groups in total. The molecule has 0 bridgehead atoms. The van der Waals surface area contributed by atoms with E-state index in [9.17, 15) is 37.5 Å². The maximum absolute atomic E-state index is 13.8. The highest BCUT2D eigenvalue weighted by molar-refractivity contribution is 6.34. The first-order valence-corrected chi connectivity index (χ1v) is 18.4. The highest BCUT2D eigenvalue weighted by atomic mass is 35.5. The summed E-state index contributed by atoms with van der Waals surface area (Å²) in [6.07, 6.45) is 0.637. The van der Waals surface area contributed by atoms with Gasteiger partial charge in [-0.05, 0) is 36.9 Å². The van der Waals surface area contributed by atoms with E-state index in [0.717, 1.165) is 11.1 Å². The molecule has 20 heteroatoms. The lowest BCUT2D eigenvalue weighted by molar-refractivity contribution is -0.926. The number of piperidine rings is 1. The van der Waals surface area contributed by atoms with Gasteiger partial charge in [0.25, 0.3) is 11.8 Å². The van der Waals surface area contributed by atoms with Crippen molar-refractivity contribution in [3.8, 4) is 5.82 Å². The standard InChI is InChI=1S/C36H41ClF3N11O5/c37-28-17-25(46-33(54)32-44-19-26(45-32)16-23-20-50(47-31(23)36(38,39)40)29-5-2-24(42)18-43-29)3-4-27(28)35(56)49-11-9-48(10-12-49)34(55)22-6-14-51(15-7-22,13-1-8-41)21-30(52)53/h2-5,17-20,22H,1,6-16,21,41-42H2,(H2-,44,45,46,52,53,54,56)/p+1. The molecular weight excluding hydrogens is 759 g/mol. The number of carbonyl (C=O) groups is 4. The molecule has 0 spiro atoms. The van der Waals surface area contributed by atoms with Crippen molar-refractivity contribution in [3.63, 3.8) is 0 Å². The average molecular weight is 801 g/mol. The molecule has 2 fully saturated rings. The molecule has 0 aliphatic carbocycles. The summed E-state index contributed by atoms with van der Waals surface area (Å²) in [5, 5.41) is 15.8. The van der Waals surface area contributed by atoms with Crippen molar-refractivity contribution < 1.29 is 41.9 Å². The highest BCUT2D eigenvalue weighted by Crippen LogP contribution is 2.33. The predicted octanol–water partition coefficient (Wildman–Crippen LogP) is 3.03. The number of piperazine rings is 1. The van der Waals surface area contributed by atoms with E-state index in [-0.39, 0.29) is 69.9 Å². The third kappa shape index (κ3) is 9.28. The molecule has 56 heavy (non-hydrogen) atoms. The number of carboxylic acid groups (broad SMARTS) is 1. The summed E-state index contributed by atoms with van der Waals surface area (Å²) < 4.78 is 43.0. The SMILES string of the molecule is NCCC[N+]1(CC(=O)O)CCC(C(=O)N2CCN(C(=O)c3ccc(NC(=O)c4ncc(Cc5cn(-c6ccc(N)cn6)nc5C(F)(F)F)[nH]4)cc3Cl)CC2)CC1. The van der Waals surface area contributed by atoms with Crippen LogP contribution in [0.15, 0.2) is 48.9 Å². The number of rotatable bonds is 12. The zero-order valence-electron chi connectivity index (χ0n) is 30.3. The molecule has 16 nitrogen and oxygen atoms in total. The fourth-order valence-corrected chi connectivity index (χ4v) is 7.51. The van der Waals surface area contributed by atoms with Gasteiger partial charge in [-0.2, -0.15) is 18.3 Å². The Morgan fingerprint density at radius 1 is 1.02 bits per heavy atom. The van der Waals surface area contributed by atoms with Gasteiger partial charge in [-0.15, -0.1) is 0 Å². The number of aromatic amines is 1. The van der Waals surface area contributed by atoms with Gasteiger partial charge >= 0.3 is 12.1 Å². The zero-order chi connectivity index (χ0) is 40.2. The molecule has 2 aliphatic rings. The average Bonchev–Trinajstić information content (AvgIpc) is 3.82. The molecule has 6 rings (SSSR count). The zero-order valence-corrected chi connectivity index (χ0v) is 31.0. The van der Waals surface area contributed by atoms with Gasteiger partial charge in [0.15, 0.2) is 23.9 Å². The van der Waals surface area contributed by atoms with Crippen LogP contribution in [0.3, 0.4) is 0 Å². The van der Waals surface area contributed by atoms with Gasteiger partial charge < -0.3 is 41.2 Å². The Kier molecular flexibility index (Phi) is 12.0. The van der Waals surface area contributed by atoms with Crippen molar-refractivity contribution in [1.29, 1.82) is 0 Å². The number of likely N-dealkylation sites (tertiary alicyclic amines) is 1. The van der Waals surface area contributed by atoms with Crippen LogP contribution >= 0.6 is 11.6 Å². The molecule has 1 aromatic carbocycles. The summed E-state index contributed by atoms with van der Waals surface area (Å²) in [5.74, 6) is -2.10. The molecule has 3 aromatic heterocycles. The van der Waals surface area contributed by atoms with Gasteiger partial charge in [-0.3, -0.25) is 14.4 Å².